The number of halogens is 3. The van der Waals surface area contributed by atoms with E-state index in [0.717, 1.165) is 12.1 Å². The summed E-state index contributed by atoms with van der Waals surface area (Å²) in [7, 11) is 1.53. The van der Waals surface area contributed by atoms with Crippen LogP contribution in [-0.2, 0) is 0 Å². The molecule has 26 heavy (non-hydrogen) atoms. The fourth-order valence-corrected chi connectivity index (χ4v) is 2.92. The number of rotatable bonds is 4. The molecule has 5 heteroatoms. The third-order valence-electron chi connectivity index (χ3n) is 4.19. The first-order valence-corrected chi connectivity index (χ1v) is 8.16. The molecule has 0 radical (unpaired) electrons. The van der Waals surface area contributed by atoms with Crippen molar-refractivity contribution in [3.63, 3.8) is 0 Å². The summed E-state index contributed by atoms with van der Waals surface area (Å²) >= 11 is 0. The summed E-state index contributed by atoms with van der Waals surface area (Å²) in [5.41, 5.74) is 1.01. The minimum absolute atomic E-state index is 0.0346. The molecule has 1 aliphatic rings. The van der Waals surface area contributed by atoms with E-state index in [-0.39, 0.29) is 22.7 Å². The topological polar surface area (TPSA) is 12.5 Å². The second-order valence-corrected chi connectivity index (χ2v) is 5.82. The lowest BCUT2D eigenvalue weighted by Gasteiger charge is -2.31. The van der Waals surface area contributed by atoms with Crippen LogP contribution in [0.25, 0.3) is 11.3 Å². The van der Waals surface area contributed by atoms with Crippen LogP contribution in [0.5, 0.6) is 5.75 Å². The van der Waals surface area contributed by atoms with Gasteiger partial charge >= 0.3 is 0 Å². The molecule has 0 saturated carbocycles. The Kier molecular flexibility index (Phi) is 4.89. The number of allylic oxidation sites excluding steroid dienone is 3. The van der Waals surface area contributed by atoms with Gasteiger partial charge < -0.3 is 9.64 Å². The number of likely N-dealkylation sites (N-methyl/N-ethyl adjacent to an activating group) is 1. The van der Waals surface area contributed by atoms with Gasteiger partial charge in [0, 0.05) is 24.8 Å². The van der Waals surface area contributed by atoms with Crippen LogP contribution in [0.1, 0.15) is 18.1 Å². The highest BCUT2D eigenvalue weighted by Crippen LogP contribution is 2.41. The van der Waals surface area contributed by atoms with Gasteiger partial charge in [0.25, 0.3) is 0 Å². The molecule has 2 nitrogen and oxygen atoms in total. The molecule has 0 aromatic heterocycles. The minimum Gasteiger partial charge on any atom is -0.494 e. The molecular weight excluding hydrogens is 339 g/mol. The first-order valence-electron chi connectivity index (χ1n) is 8.16. The third kappa shape index (κ3) is 3.12. The van der Waals surface area contributed by atoms with Gasteiger partial charge in [0.1, 0.15) is 23.2 Å². The van der Waals surface area contributed by atoms with Gasteiger partial charge in [-0.05, 0) is 18.6 Å². The maximum atomic E-state index is 14.8. The number of ether oxygens (including phenoxy) is 1. The summed E-state index contributed by atoms with van der Waals surface area (Å²) < 4.78 is 49.0. The van der Waals surface area contributed by atoms with E-state index in [1.54, 1.807) is 31.2 Å². The van der Waals surface area contributed by atoms with Crippen molar-refractivity contribution in [2.45, 2.75) is 6.92 Å². The minimum atomic E-state index is -0.785. The lowest BCUT2D eigenvalue weighted by Crippen LogP contribution is -2.22. The van der Waals surface area contributed by atoms with E-state index in [4.69, 9.17) is 4.74 Å². The van der Waals surface area contributed by atoms with Crippen LogP contribution in [-0.4, -0.2) is 18.6 Å². The lowest BCUT2D eigenvalue weighted by molar-refractivity contribution is 0.335. The zero-order valence-corrected chi connectivity index (χ0v) is 14.5. The summed E-state index contributed by atoms with van der Waals surface area (Å²) in [4.78, 5) is 1.36. The van der Waals surface area contributed by atoms with Crippen LogP contribution in [0.15, 0.2) is 66.6 Å². The molecule has 1 aliphatic heterocycles. The predicted octanol–water partition coefficient (Wildman–Crippen LogP) is 5.54. The SMILES string of the molecule is C=C1C(F)=CC(c2ccccc2)=C(c2c(F)cc(OCC)cc2F)N1C. The summed E-state index contributed by atoms with van der Waals surface area (Å²) in [6.07, 6.45) is 1.25. The van der Waals surface area contributed by atoms with E-state index >= 15 is 0 Å². The summed E-state index contributed by atoms with van der Waals surface area (Å²) in [5.74, 6) is -2.02. The molecule has 3 rings (SSSR count). The average molecular weight is 357 g/mol. The molecule has 0 spiro atoms. The Balaban J connectivity index is 2.29. The van der Waals surface area contributed by atoms with Crippen molar-refractivity contribution < 1.29 is 17.9 Å². The van der Waals surface area contributed by atoms with Crippen molar-refractivity contribution in [3.8, 4) is 5.75 Å². The highest BCUT2D eigenvalue weighted by molar-refractivity contribution is 5.97. The fourth-order valence-electron chi connectivity index (χ4n) is 2.92. The van der Waals surface area contributed by atoms with Gasteiger partial charge in [0.05, 0.1) is 23.6 Å². The van der Waals surface area contributed by atoms with Gasteiger partial charge in [-0.2, -0.15) is 0 Å². The molecule has 0 aliphatic carbocycles. The summed E-state index contributed by atoms with van der Waals surface area (Å²) in [6.45, 7) is 5.69. The molecule has 0 N–H and O–H groups in total. The van der Waals surface area contributed by atoms with Crippen LogP contribution < -0.4 is 4.74 Å². The molecular formula is C21H18F3NO. The van der Waals surface area contributed by atoms with Crippen LogP contribution >= 0.6 is 0 Å². The number of benzene rings is 2. The van der Waals surface area contributed by atoms with Crippen molar-refractivity contribution in [2.75, 3.05) is 13.7 Å². The highest BCUT2D eigenvalue weighted by Gasteiger charge is 2.28. The molecule has 0 unspecified atom stereocenters. The van der Waals surface area contributed by atoms with Crippen molar-refractivity contribution in [2.24, 2.45) is 0 Å². The van der Waals surface area contributed by atoms with E-state index in [9.17, 15) is 13.2 Å². The average Bonchev–Trinajstić information content (AvgIpc) is 2.62. The Hall–Kier alpha value is -2.95. The normalized spacial score (nSPS) is 14.6. The zero-order chi connectivity index (χ0) is 18.8. The first kappa shape index (κ1) is 17.9. The van der Waals surface area contributed by atoms with Gasteiger partial charge in [-0.1, -0.05) is 36.9 Å². The Morgan fingerprint density at radius 2 is 1.65 bits per heavy atom. The second-order valence-electron chi connectivity index (χ2n) is 5.82. The van der Waals surface area contributed by atoms with Crippen molar-refractivity contribution in [3.05, 3.63) is 89.4 Å². The predicted molar refractivity (Wildman–Crippen MR) is 96.9 cm³/mol. The van der Waals surface area contributed by atoms with Gasteiger partial charge in [-0.25, -0.2) is 13.2 Å². The van der Waals surface area contributed by atoms with E-state index in [1.165, 1.54) is 18.0 Å². The molecule has 2 aromatic carbocycles. The molecule has 2 aromatic rings. The molecule has 0 amide bonds. The number of hydrogen-bond donors (Lipinski definition) is 0. The molecule has 1 heterocycles. The Morgan fingerprint density at radius 1 is 1.04 bits per heavy atom. The van der Waals surface area contributed by atoms with Crippen LogP contribution in [0.4, 0.5) is 13.2 Å². The molecule has 0 saturated heterocycles. The van der Waals surface area contributed by atoms with Crippen LogP contribution in [0, 0.1) is 11.6 Å². The monoisotopic (exact) mass is 357 g/mol. The van der Waals surface area contributed by atoms with Gasteiger partial charge in [0.15, 0.2) is 0 Å². The van der Waals surface area contributed by atoms with Gasteiger partial charge in [0.2, 0.25) is 0 Å². The second kappa shape index (κ2) is 7.12. The third-order valence-corrected chi connectivity index (χ3v) is 4.19. The number of hydrogen-bond acceptors (Lipinski definition) is 2. The maximum Gasteiger partial charge on any atom is 0.146 e. The number of nitrogens with zero attached hydrogens (tertiary/aromatic N) is 1. The lowest BCUT2D eigenvalue weighted by atomic mass is 9.94. The smallest absolute Gasteiger partial charge is 0.146 e. The van der Waals surface area contributed by atoms with Gasteiger partial charge in [-0.3, -0.25) is 0 Å². The standard InChI is InChI=1S/C21H18F3NO/c1-4-26-15-10-18(23)20(19(24)11-15)21-16(14-8-6-5-7-9-14)12-17(22)13(2)25(21)3/h5-12H,2,4H2,1,3H3. The quantitative estimate of drug-likeness (QED) is 0.712. The Morgan fingerprint density at radius 3 is 2.23 bits per heavy atom. The van der Waals surface area contributed by atoms with E-state index in [1.807, 2.05) is 6.07 Å². The Bertz CT molecular complexity index is 893. The van der Waals surface area contributed by atoms with Crippen molar-refractivity contribution in [1.29, 1.82) is 0 Å². The molecule has 0 bridgehead atoms. The zero-order valence-electron chi connectivity index (χ0n) is 14.5. The maximum absolute atomic E-state index is 14.8. The van der Waals surface area contributed by atoms with E-state index in [0.29, 0.717) is 17.7 Å². The van der Waals surface area contributed by atoms with Crippen LogP contribution in [0.3, 0.4) is 0 Å². The Labute approximate surface area is 150 Å². The molecule has 0 fully saturated rings. The van der Waals surface area contributed by atoms with Crippen molar-refractivity contribution in [1.82, 2.24) is 4.90 Å². The largest absolute Gasteiger partial charge is 0.494 e. The van der Waals surface area contributed by atoms with E-state index in [2.05, 4.69) is 6.58 Å². The highest BCUT2D eigenvalue weighted by atomic mass is 19.1. The molecule has 0 atom stereocenters. The van der Waals surface area contributed by atoms with Crippen molar-refractivity contribution >= 4 is 11.3 Å². The fraction of sp³-hybridized carbons (Fsp3) is 0.143. The van der Waals surface area contributed by atoms with Crippen LogP contribution in [0.2, 0.25) is 0 Å². The molecule has 134 valence electrons. The summed E-state index contributed by atoms with van der Waals surface area (Å²) in [6, 6.07) is 11.1. The van der Waals surface area contributed by atoms with Gasteiger partial charge in [-0.15, -0.1) is 0 Å². The summed E-state index contributed by atoms with van der Waals surface area (Å²) in [5, 5.41) is 0. The first-order chi connectivity index (χ1) is 12.4. The van der Waals surface area contributed by atoms with E-state index < -0.39 is 17.5 Å².